The predicted octanol–water partition coefficient (Wildman–Crippen LogP) is 2.97. The molecule has 0 radical (unpaired) electrons. The normalized spacial score (nSPS) is 21.2. The van der Waals surface area contributed by atoms with E-state index in [0.29, 0.717) is 19.3 Å². The second-order valence-electron chi connectivity index (χ2n) is 7.64. The third-order valence-electron chi connectivity index (χ3n) is 5.53. The minimum Gasteiger partial charge on any atom is -0.497 e. The third kappa shape index (κ3) is 7.55. The minimum atomic E-state index is -0.637. The van der Waals surface area contributed by atoms with Crippen molar-refractivity contribution in [1.82, 2.24) is 10.2 Å². The van der Waals surface area contributed by atoms with E-state index in [-0.39, 0.29) is 30.1 Å². The lowest BCUT2D eigenvalue weighted by atomic mass is 10.1. The first kappa shape index (κ1) is 25.2. The standard InChI is InChI=1S/C22H35N3O4.HI/c1-3-23-22(24-15-21(26)17-6-8-18(27-2)9-7-17)25-12-10-19(11-13-25)29-16-20-5-4-14-28-20;/h6-9,19-21,26H,3-5,10-16H2,1-2H3,(H,23,24);1H. The number of benzene rings is 1. The summed E-state index contributed by atoms with van der Waals surface area (Å²) in [5.41, 5.74) is 0.839. The molecule has 0 amide bonds. The summed E-state index contributed by atoms with van der Waals surface area (Å²) in [6.45, 7) is 6.58. The van der Waals surface area contributed by atoms with Gasteiger partial charge in [0.15, 0.2) is 5.96 Å². The lowest BCUT2D eigenvalue weighted by Crippen LogP contribution is -2.47. The molecule has 2 atom stereocenters. The van der Waals surface area contributed by atoms with Crippen molar-refractivity contribution in [2.45, 2.75) is 50.9 Å². The summed E-state index contributed by atoms with van der Waals surface area (Å²) in [4.78, 5) is 6.94. The van der Waals surface area contributed by atoms with Crippen molar-refractivity contribution in [1.29, 1.82) is 0 Å². The highest BCUT2D eigenvalue weighted by Crippen LogP contribution is 2.20. The predicted molar refractivity (Wildman–Crippen MR) is 129 cm³/mol. The number of aliphatic hydroxyl groups excluding tert-OH is 1. The Kier molecular flexibility index (Phi) is 11.2. The molecule has 0 saturated carbocycles. The first-order valence-corrected chi connectivity index (χ1v) is 10.8. The van der Waals surface area contributed by atoms with E-state index in [0.717, 1.165) is 69.2 Å². The molecule has 2 fully saturated rings. The van der Waals surface area contributed by atoms with Crippen LogP contribution in [0.1, 0.15) is 44.3 Å². The molecule has 1 aromatic carbocycles. The smallest absolute Gasteiger partial charge is 0.194 e. The Labute approximate surface area is 197 Å². The number of methoxy groups -OCH3 is 1. The molecule has 2 heterocycles. The topological polar surface area (TPSA) is 75.6 Å². The van der Waals surface area contributed by atoms with E-state index in [4.69, 9.17) is 14.2 Å². The summed E-state index contributed by atoms with van der Waals surface area (Å²) in [6, 6.07) is 7.47. The molecule has 0 aromatic heterocycles. The van der Waals surface area contributed by atoms with Gasteiger partial charge in [0.05, 0.1) is 38.6 Å². The highest BCUT2D eigenvalue weighted by Gasteiger charge is 2.24. The van der Waals surface area contributed by atoms with Gasteiger partial charge in [-0.25, -0.2) is 0 Å². The molecule has 8 heteroatoms. The number of guanidine groups is 1. The molecule has 2 aliphatic rings. The molecule has 7 nitrogen and oxygen atoms in total. The highest BCUT2D eigenvalue weighted by molar-refractivity contribution is 14.0. The van der Waals surface area contributed by atoms with E-state index < -0.39 is 6.10 Å². The average molecular weight is 533 g/mol. The van der Waals surface area contributed by atoms with Gasteiger partial charge >= 0.3 is 0 Å². The van der Waals surface area contributed by atoms with Crippen LogP contribution in [0.15, 0.2) is 29.3 Å². The van der Waals surface area contributed by atoms with Crippen molar-refractivity contribution in [3.8, 4) is 5.75 Å². The summed E-state index contributed by atoms with van der Waals surface area (Å²) in [6.07, 6.45) is 4.18. The number of aliphatic hydroxyl groups is 1. The maximum absolute atomic E-state index is 10.5. The fraction of sp³-hybridized carbons (Fsp3) is 0.682. The maximum Gasteiger partial charge on any atom is 0.194 e. The number of hydrogen-bond acceptors (Lipinski definition) is 5. The summed E-state index contributed by atoms with van der Waals surface area (Å²) < 4.78 is 16.9. The minimum absolute atomic E-state index is 0. The van der Waals surface area contributed by atoms with Crippen LogP contribution in [-0.4, -0.2) is 74.7 Å². The molecule has 2 saturated heterocycles. The van der Waals surface area contributed by atoms with Crippen LogP contribution in [0.4, 0.5) is 0 Å². The zero-order valence-corrected chi connectivity index (χ0v) is 20.4. The van der Waals surface area contributed by atoms with Gasteiger partial charge in [0, 0.05) is 26.2 Å². The maximum atomic E-state index is 10.5. The Morgan fingerprint density at radius 2 is 2.00 bits per heavy atom. The molecule has 0 spiro atoms. The number of rotatable bonds is 8. The van der Waals surface area contributed by atoms with Gasteiger partial charge in [0.2, 0.25) is 0 Å². The van der Waals surface area contributed by atoms with Gasteiger partial charge in [0.1, 0.15) is 5.75 Å². The largest absolute Gasteiger partial charge is 0.497 e. The number of hydrogen-bond donors (Lipinski definition) is 2. The van der Waals surface area contributed by atoms with Crippen LogP contribution >= 0.6 is 24.0 Å². The monoisotopic (exact) mass is 533 g/mol. The molecule has 1 aromatic rings. The summed E-state index contributed by atoms with van der Waals surface area (Å²) in [5, 5.41) is 13.8. The Morgan fingerprint density at radius 3 is 2.60 bits per heavy atom. The van der Waals surface area contributed by atoms with Crippen molar-refractivity contribution in [2.75, 3.05) is 46.5 Å². The zero-order chi connectivity index (χ0) is 20.5. The lowest BCUT2D eigenvalue weighted by Gasteiger charge is -2.34. The first-order chi connectivity index (χ1) is 14.2. The Hall–Kier alpha value is -1.10. The molecule has 3 rings (SSSR count). The van der Waals surface area contributed by atoms with Crippen LogP contribution in [0, 0.1) is 0 Å². The van der Waals surface area contributed by atoms with Crippen molar-refractivity contribution in [3.63, 3.8) is 0 Å². The number of nitrogens with zero attached hydrogens (tertiary/aromatic N) is 2. The second-order valence-corrected chi connectivity index (χ2v) is 7.64. The van der Waals surface area contributed by atoms with E-state index in [9.17, 15) is 5.11 Å². The van der Waals surface area contributed by atoms with Gasteiger partial charge in [-0.2, -0.15) is 0 Å². The second kappa shape index (κ2) is 13.3. The van der Waals surface area contributed by atoms with Crippen molar-refractivity contribution >= 4 is 29.9 Å². The van der Waals surface area contributed by atoms with Crippen LogP contribution in [0.25, 0.3) is 0 Å². The fourth-order valence-corrected chi connectivity index (χ4v) is 3.78. The van der Waals surface area contributed by atoms with Crippen LogP contribution in [0.5, 0.6) is 5.75 Å². The summed E-state index contributed by atoms with van der Waals surface area (Å²) in [5.74, 6) is 1.64. The Balaban J connectivity index is 0.00000320. The quantitative estimate of drug-likeness (QED) is 0.304. The van der Waals surface area contributed by atoms with E-state index in [2.05, 4.69) is 22.1 Å². The molecule has 0 bridgehead atoms. The van der Waals surface area contributed by atoms with E-state index in [1.165, 1.54) is 0 Å². The molecule has 2 aliphatic heterocycles. The summed E-state index contributed by atoms with van der Waals surface area (Å²) >= 11 is 0. The first-order valence-electron chi connectivity index (χ1n) is 10.8. The van der Waals surface area contributed by atoms with E-state index in [1.807, 2.05) is 24.3 Å². The third-order valence-corrected chi connectivity index (χ3v) is 5.53. The van der Waals surface area contributed by atoms with Crippen molar-refractivity contribution < 1.29 is 19.3 Å². The zero-order valence-electron chi connectivity index (χ0n) is 18.1. The molecule has 170 valence electrons. The van der Waals surface area contributed by atoms with Gasteiger partial charge in [0.25, 0.3) is 0 Å². The molecule has 0 aliphatic carbocycles. The van der Waals surface area contributed by atoms with Crippen LogP contribution in [0.2, 0.25) is 0 Å². The molecule has 30 heavy (non-hydrogen) atoms. The van der Waals surface area contributed by atoms with Gasteiger partial charge in [-0.05, 0) is 50.3 Å². The average Bonchev–Trinajstić information content (AvgIpc) is 3.29. The van der Waals surface area contributed by atoms with Crippen LogP contribution in [0.3, 0.4) is 0 Å². The Bertz CT molecular complexity index is 630. The van der Waals surface area contributed by atoms with Crippen molar-refractivity contribution in [2.24, 2.45) is 4.99 Å². The number of ether oxygens (including phenoxy) is 3. The van der Waals surface area contributed by atoms with Gasteiger partial charge in [-0.15, -0.1) is 24.0 Å². The molecule has 2 unspecified atom stereocenters. The summed E-state index contributed by atoms with van der Waals surface area (Å²) in [7, 11) is 1.63. The molecule has 2 N–H and O–H groups in total. The van der Waals surface area contributed by atoms with Crippen LogP contribution in [-0.2, 0) is 9.47 Å². The number of halogens is 1. The Morgan fingerprint density at radius 1 is 1.27 bits per heavy atom. The van der Waals surface area contributed by atoms with Gasteiger partial charge in [-0.3, -0.25) is 4.99 Å². The lowest BCUT2D eigenvalue weighted by molar-refractivity contribution is -0.0367. The van der Waals surface area contributed by atoms with Gasteiger partial charge < -0.3 is 29.5 Å². The fourth-order valence-electron chi connectivity index (χ4n) is 3.78. The molecular formula is C22H36IN3O4. The van der Waals surface area contributed by atoms with Crippen molar-refractivity contribution in [3.05, 3.63) is 29.8 Å². The van der Waals surface area contributed by atoms with E-state index >= 15 is 0 Å². The highest BCUT2D eigenvalue weighted by atomic mass is 127. The van der Waals surface area contributed by atoms with Gasteiger partial charge in [-0.1, -0.05) is 12.1 Å². The SMILES string of the molecule is CCNC(=NCC(O)c1ccc(OC)cc1)N1CCC(OCC2CCCO2)CC1.I. The number of likely N-dealkylation sites (tertiary alicyclic amines) is 1. The number of piperidine rings is 1. The number of nitrogens with one attached hydrogen (secondary N) is 1. The molecular weight excluding hydrogens is 497 g/mol. The van der Waals surface area contributed by atoms with Crippen LogP contribution < -0.4 is 10.1 Å². The van der Waals surface area contributed by atoms with E-state index in [1.54, 1.807) is 7.11 Å². The number of aliphatic imine (C=N–C) groups is 1.